The summed E-state index contributed by atoms with van der Waals surface area (Å²) in [7, 11) is 0. The van der Waals surface area contributed by atoms with Gasteiger partial charge in [-0.1, -0.05) is 54.6 Å². The third-order valence-electron chi connectivity index (χ3n) is 7.91. The van der Waals surface area contributed by atoms with Crippen molar-refractivity contribution in [2.24, 2.45) is 0 Å². The van der Waals surface area contributed by atoms with E-state index in [4.69, 9.17) is 0 Å². The summed E-state index contributed by atoms with van der Waals surface area (Å²) in [6, 6.07) is 46.8. The fourth-order valence-corrected chi connectivity index (χ4v) is 8.27. The van der Waals surface area contributed by atoms with Gasteiger partial charge in [-0.25, -0.2) is 0 Å². The Labute approximate surface area is 250 Å². The van der Waals surface area contributed by atoms with Crippen molar-refractivity contribution in [3.63, 3.8) is 0 Å². The van der Waals surface area contributed by atoms with Crippen LogP contribution in [0.25, 0.3) is 73.7 Å². The van der Waals surface area contributed by atoms with E-state index in [9.17, 15) is 10.5 Å². The Balaban J connectivity index is 1.46. The van der Waals surface area contributed by atoms with Gasteiger partial charge in [0.25, 0.3) is 0 Å². The smallest absolute Gasteiger partial charge is 0.0991 e. The lowest BCUT2D eigenvalue weighted by molar-refractivity contribution is 1.48. The Kier molecular flexibility index (Phi) is 5.66. The number of hydrogen-bond acceptors (Lipinski definition) is 4. The first-order valence-electron chi connectivity index (χ1n) is 13.6. The van der Waals surface area contributed by atoms with Crippen LogP contribution >= 0.6 is 22.7 Å². The lowest BCUT2D eigenvalue weighted by Gasteiger charge is -2.14. The van der Waals surface area contributed by atoms with Crippen molar-refractivity contribution in [3.05, 3.63) is 132 Å². The molecule has 0 bridgehead atoms. The number of benzene rings is 6. The minimum Gasteiger partial charge on any atom is -0.192 e. The Morgan fingerprint density at radius 3 is 1.69 bits per heavy atom. The maximum atomic E-state index is 9.64. The second-order valence-corrected chi connectivity index (χ2v) is 12.5. The van der Waals surface area contributed by atoms with Crippen LogP contribution in [0.1, 0.15) is 11.1 Å². The maximum Gasteiger partial charge on any atom is 0.0991 e. The van der Waals surface area contributed by atoms with E-state index in [1.807, 2.05) is 41.7 Å². The molecule has 0 atom stereocenters. The third kappa shape index (κ3) is 3.90. The zero-order valence-corrected chi connectivity index (χ0v) is 23.9. The summed E-state index contributed by atoms with van der Waals surface area (Å²) in [5, 5.41) is 24.1. The standard InChI is InChI=1S/C38H20N2S2/c39-21-23-6-3-7-25(16-23)26-18-27(29-9-4-12-35-37(29)31-8-1-2-11-33(31)41-35)20-28(19-26)30-10-5-13-36-38(30)32-17-24(22-40)14-15-34(32)42-36/h1-20H. The predicted octanol–water partition coefficient (Wildman–Crippen LogP) is 11.2. The first-order chi connectivity index (χ1) is 20.7. The Bertz CT molecular complexity index is 2450. The molecule has 0 unspecified atom stereocenters. The van der Waals surface area contributed by atoms with Gasteiger partial charge in [0.2, 0.25) is 0 Å². The van der Waals surface area contributed by atoms with Crippen LogP contribution in [-0.4, -0.2) is 0 Å². The normalized spacial score (nSPS) is 11.3. The van der Waals surface area contributed by atoms with Crippen molar-refractivity contribution in [1.82, 2.24) is 0 Å². The molecule has 8 aromatic rings. The third-order valence-corrected chi connectivity index (χ3v) is 10.2. The van der Waals surface area contributed by atoms with E-state index in [2.05, 4.69) is 103 Å². The fraction of sp³-hybridized carbons (Fsp3) is 0. The summed E-state index contributed by atoms with van der Waals surface area (Å²) < 4.78 is 4.91. The quantitative estimate of drug-likeness (QED) is 0.213. The van der Waals surface area contributed by atoms with E-state index in [1.54, 1.807) is 11.3 Å². The molecule has 8 rings (SSSR count). The number of nitriles is 2. The van der Waals surface area contributed by atoms with Crippen LogP contribution in [0.4, 0.5) is 0 Å². The Hall–Kier alpha value is -5.26. The molecule has 0 saturated heterocycles. The second kappa shape index (κ2) is 9.68. The van der Waals surface area contributed by atoms with E-state index in [1.165, 1.54) is 40.5 Å². The van der Waals surface area contributed by atoms with Crippen LogP contribution in [0.5, 0.6) is 0 Å². The molecule has 2 aromatic heterocycles. The summed E-state index contributed by atoms with van der Waals surface area (Å²) in [4.78, 5) is 0. The highest BCUT2D eigenvalue weighted by molar-refractivity contribution is 7.26. The Morgan fingerprint density at radius 1 is 0.405 bits per heavy atom. The monoisotopic (exact) mass is 568 g/mol. The van der Waals surface area contributed by atoms with E-state index in [0.717, 1.165) is 33.2 Å². The summed E-state index contributed by atoms with van der Waals surface area (Å²) in [5.41, 5.74) is 7.94. The SMILES string of the molecule is N#Cc1cccc(-c2cc(-c3cccc4sc5ccccc5c34)cc(-c3cccc4sc5ccc(C#N)cc5c34)c2)c1. The molecule has 0 aliphatic rings. The number of fused-ring (bicyclic) bond motifs is 6. The van der Waals surface area contributed by atoms with Crippen LogP contribution in [0.2, 0.25) is 0 Å². The zero-order chi connectivity index (χ0) is 28.2. The molecular weight excluding hydrogens is 549 g/mol. The number of thiophene rings is 2. The lowest BCUT2D eigenvalue weighted by Crippen LogP contribution is -1.88. The van der Waals surface area contributed by atoms with Crippen LogP contribution in [-0.2, 0) is 0 Å². The maximum absolute atomic E-state index is 9.64. The molecule has 6 aromatic carbocycles. The van der Waals surface area contributed by atoms with Gasteiger partial charge in [0, 0.05) is 40.3 Å². The molecule has 2 nitrogen and oxygen atoms in total. The van der Waals surface area contributed by atoms with Crippen molar-refractivity contribution in [2.75, 3.05) is 0 Å². The van der Waals surface area contributed by atoms with Gasteiger partial charge in [0.05, 0.1) is 23.3 Å². The van der Waals surface area contributed by atoms with Crippen molar-refractivity contribution in [2.45, 2.75) is 0 Å². The zero-order valence-electron chi connectivity index (χ0n) is 22.3. The largest absolute Gasteiger partial charge is 0.192 e. The molecule has 0 aliphatic heterocycles. The molecule has 0 radical (unpaired) electrons. The van der Waals surface area contributed by atoms with Crippen LogP contribution < -0.4 is 0 Å². The van der Waals surface area contributed by atoms with Gasteiger partial charge in [-0.15, -0.1) is 22.7 Å². The van der Waals surface area contributed by atoms with Crippen LogP contribution in [0.15, 0.2) is 121 Å². The molecule has 4 heteroatoms. The van der Waals surface area contributed by atoms with Gasteiger partial charge < -0.3 is 0 Å². The summed E-state index contributed by atoms with van der Waals surface area (Å²) >= 11 is 3.58. The summed E-state index contributed by atoms with van der Waals surface area (Å²) in [6.07, 6.45) is 0. The molecule has 2 heterocycles. The number of rotatable bonds is 3. The molecule has 42 heavy (non-hydrogen) atoms. The summed E-state index contributed by atoms with van der Waals surface area (Å²) in [6.45, 7) is 0. The minimum atomic E-state index is 0.639. The number of hydrogen-bond donors (Lipinski definition) is 0. The van der Waals surface area contributed by atoms with Gasteiger partial charge in [0.15, 0.2) is 0 Å². The van der Waals surface area contributed by atoms with Crippen LogP contribution in [0, 0.1) is 22.7 Å². The highest BCUT2D eigenvalue weighted by atomic mass is 32.1. The van der Waals surface area contributed by atoms with Gasteiger partial charge in [-0.05, 0) is 100 Å². The average Bonchev–Trinajstić information content (AvgIpc) is 3.62. The molecule has 0 saturated carbocycles. The topological polar surface area (TPSA) is 47.6 Å². The van der Waals surface area contributed by atoms with E-state index in [-0.39, 0.29) is 0 Å². The van der Waals surface area contributed by atoms with Gasteiger partial charge >= 0.3 is 0 Å². The van der Waals surface area contributed by atoms with Crippen LogP contribution in [0.3, 0.4) is 0 Å². The minimum absolute atomic E-state index is 0.639. The number of nitrogens with zero attached hydrogens (tertiary/aromatic N) is 2. The van der Waals surface area contributed by atoms with Gasteiger partial charge in [0.1, 0.15) is 0 Å². The molecule has 0 spiro atoms. The highest BCUT2D eigenvalue weighted by Crippen LogP contribution is 2.45. The first-order valence-corrected chi connectivity index (χ1v) is 15.3. The molecule has 0 N–H and O–H groups in total. The predicted molar refractivity (Wildman–Crippen MR) is 178 cm³/mol. The van der Waals surface area contributed by atoms with Crippen molar-refractivity contribution < 1.29 is 0 Å². The summed E-state index contributed by atoms with van der Waals surface area (Å²) in [5.74, 6) is 0. The van der Waals surface area contributed by atoms with Gasteiger partial charge in [-0.3, -0.25) is 0 Å². The van der Waals surface area contributed by atoms with Gasteiger partial charge in [-0.2, -0.15) is 10.5 Å². The Morgan fingerprint density at radius 2 is 0.976 bits per heavy atom. The molecule has 0 fully saturated rings. The lowest BCUT2D eigenvalue weighted by atomic mass is 9.90. The molecule has 0 aliphatic carbocycles. The van der Waals surface area contributed by atoms with Crippen molar-refractivity contribution in [1.29, 1.82) is 10.5 Å². The van der Waals surface area contributed by atoms with Crippen molar-refractivity contribution >= 4 is 63.0 Å². The van der Waals surface area contributed by atoms with Crippen molar-refractivity contribution in [3.8, 4) is 45.5 Å². The van der Waals surface area contributed by atoms with E-state index in [0.29, 0.717) is 11.1 Å². The molecule has 0 amide bonds. The first kappa shape index (κ1) is 24.5. The highest BCUT2D eigenvalue weighted by Gasteiger charge is 2.16. The second-order valence-electron chi connectivity index (χ2n) is 10.4. The van der Waals surface area contributed by atoms with E-state index >= 15 is 0 Å². The molecule has 194 valence electrons. The van der Waals surface area contributed by atoms with E-state index < -0.39 is 0 Å². The fourth-order valence-electron chi connectivity index (χ4n) is 6.03. The average molecular weight is 569 g/mol. The molecular formula is C38H20N2S2.